The van der Waals surface area contributed by atoms with E-state index in [-0.39, 0.29) is 0 Å². The first-order valence-corrected chi connectivity index (χ1v) is 2.34. The molecule has 0 aromatic carbocycles. The zero-order valence-corrected chi connectivity index (χ0v) is 5.02. The lowest BCUT2D eigenvalue weighted by molar-refractivity contribution is 0.978. The Morgan fingerprint density at radius 3 is 2.62 bits per heavy atom. The molecule has 0 spiro atoms. The van der Waals surface area contributed by atoms with Gasteiger partial charge < -0.3 is 0 Å². The molecule has 0 aliphatic rings. The third-order valence-corrected chi connectivity index (χ3v) is 0.628. The first kappa shape index (κ1) is 7.01. The fourth-order valence-electron chi connectivity index (χ4n) is 0.193. The molecule has 3 heteroatoms. The van der Waals surface area contributed by atoms with Gasteiger partial charge in [-0.3, -0.25) is 5.43 Å². The minimum absolute atomic E-state index is 0.852. The molecule has 0 heterocycles. The van der Waals surface area contributed by atoms with Crippen molar-refractivity contribution in [1.82, 2.24) is 5.43 Å². The molecule has 42 valence electrons. The molecule has 1 N–H and O–H groups in total. The first-order chi connectivity index (χ1) is 3.81. The minimum atomic E-state index is 0.852. The summed E-state index contributed by atoms with van der Waals surface area (Å²) >= 11 is 0. The van der Waals surface area contributed by atoms with E-state index in [0.717, 1.165) is 5.61 Å². The molecule has 0 aliphatic heterocycles. The van der Waals surface area contributed by atoms with Gasteiger partial charge in [0.2, 0.25) is 0 Å². The Morgan fingerprint density at radius 2 is 2.25 bits per heavy atom. The number of nitrogens with one attached hydrogen (secondary N) is 1. The predicted octanol–water partition coefficient (Wildman–Crippen LogP) is -0.148. The summed E-state index contributed by atoms with van der Waals surface area (Å²) in [6.07, 6.45) is 3.17. The normalized spacial score (nSPS) is 10.2. The molecule has 0 aliphatic carbocycles. The maximum absolute atomic E-state index is 3.79. The van der Waals surface area contributed by atoms with E-state index in [9.17, 15) is 0 Å². The van der Waals surface area contributed by atoms with Crippen LogP contribution in [-0.4, -0.2) is 13.5 Å². The number of hydrogen-bond donors (Lipinski definition) is 1. The van der Waals surface area contributed by atoms with E-state index in [1.807, 2.05) is 7.85 Å². The largest absolute Gasteiger partial charge is 0.287 e. The van der Waals surface area contributed by atoms with Crippen LogP contribution in [-0.2, 0) is 0 Å². The second-order valence-electron chi connectivity index (χ2n) is 1.29. The summed E-state index contributed by atoms with van der Waals surface area (Å²) in [5.41, 5.74) is 3.43. The summed E-state index contributed by atoms with van der Waals surface area (Å²) in [4.78, 5) is 0. The molecular formula is C5H9BN2. The van der Waals surface area contributed by atoms with Crippen molar-refractivity contribution in [2.75, 3.05) is 0 Å². The van der Waals surface area contributed by atoms with Crippen LogP contribution in [0.1, 0.15) is 0 Å². The number of nitrogens with zero attached hydrogens (tertiary/aromatic N) is 1. The molecule has 0 rings (SSSR count). The molecule has 0 saturated carbocycles. The summed E-state index contributed by atoms with van der Waals surface area (Å²) in [5, 5.41) is 3.79. The van der Waals surface area contributed by atoms with E-state index in [1.54, 1.807) is 6.08 Å². The molecule has 0 fully saturated rings. The quantitative estimate of drug-likeness (QED) is 0.303. The summed E-state index contributed by atoms with van der Waals surface area (Å²) < 4.78 is 0. The van der Waals surface area contributed by atoms with Crippen LogP contribution in [0.5, 0.6) is 0 Å². The van der Waals surface area contributed by atoms with Gasteiger partial charge in [0.25, 0.3) is 0 Å². The second-order valence-corrected chi connectivity index (χ2v) is 1.29. The topological polar surface area (TPSA) is 24.4 Å². The van der Waals surface area contributed by atoms with E-state index in [1.165, 1.54) is 6.20 Å². The third-order valence-electron chi connectivity index (χ3n) is 0.628. The van der Waals surface area contributed by atoms with Gasteiger partial charge in [-0.05, 0) is 0 Å². The molecule has 0 bridgehead atoms. The predicted molar refractivity (Wildman–Crippen MR) is 39.5 cm³/mol. The lowest BCUT2D eigenvalue weighted by Crippen LogP contribution is -1.99. The highest BCUT2D eigenvalue weighted by Gasteiger charge is 1.74. The maximum Gasteiger partial charge on any atom is 0.166 e. The molecule has 0 amide bonds. The fraction of sp³-hybridized carbons (Fsp3) is 0. The van der Waals surface area contributed by atoms with Crippen molar-refractivity contribution in [3.8, 4) is 0 Å². The van der Waals surface area contributed by atoms with E-state index >= 15 is 0 Å². The third kappa shape index (κ3) is 3.21. The van der Waals surface area contributed by atoms with E-state index in [4.69, 9.17) is 0 Å². The monoisotopic (exact) mass is 108 g/mol. The first-order valence-electron chi connectivity index (χ1n) is 2.34. The second kappa shape index (κ2) is 4.18. The highest BCUT2D eigenvalue weighted by Crippen LogP contribution is 1.67. The van der Waals surface area contributed by atoms with Crippen LogP contribution >= 0.6 is 0 Å². The van der Waals surface area contributed by atoms with Crippen molar-refractivity contribution < 1.29 is 0 Å². The highest BCUT2D eigenvalue weighted by molar-refractivity contribution is 6.62. The van der Waals surface area contributed by atoms with Gasteiger partial charge in [0.15, 0.2) is 7.85 Å². The number of allylic oxidation sites excluding steroid dienone is 1. The molecule has 0 aromatic rings. The molecule has 0 aromatic heterocycles. The molecule has 0 saturated heterocycles. The Balaban J connectivity index is 3.56. The van der Waals surface area contributed by atoms with Crippen LogP contribution in [0, 0.1) is 0 Å². The SMILES string of the molecule is B/C(C=C)=N/NC=C. The zero-order valence-electron chi connectivity index (χ0n) is 5.02. The molecule has 0 unspecified atom stereocenters. The lowest BCUT2D eigenvalue weighted by atomic mass is 10.0. The van der Waals surface area contributed by atoms with Crippen LogP contribution in [0.15, 0.2) is 30.5 Å². The van der Waals surface area contributed by atoms with Crippen LogP contribution in [0.25, 0.3) is 0 Å². The standard InChI is InChI=1S/C5H9BN2/c1-3-5(6)8-7-4-2/h3-4,7H,1-2,6H2/b8-5+. The Kier molecular flexibility index (Phi) is 3.67. The molecule has 8 heavy (non-hydrogen) atoms. The van der Waals surface area contributed by atoms with Gasteiger partial charge in [-0.15, -0.1) is 0 Å². The smallest absolute Gasteiger partial charge is 0.166 e. The van der Waals surface area contributed by atoms with Crippen molar-refractivity contribution >= 4 is 13.5 Å². The Morgan fingerprint density at radius 1 is 1.62 bits per heavy atom. The Labute approximate surface area is 50.4 Å². The number of rotatable bonds is 3. The van der Waals surface area contributed by atoms with Gasteiger partial charge in [0, 0.05) is 11.8 Å². The fourth-order valence-corrected chi connectivity index (χ4v) is 0.193. The molecule has 0 atom stereocenters. The van der Waals surface area contributed by atoms with Gasteiger partial charge in [0.05, 0.1) is 0 Å². The van der Waals surface area contributed by atoms with Crippen molar-refractivity contribution in [2.45, 2.75) is 0 Å². The maximum atomic E-state index is 3.79. The Bertz CT molecular complexity index is 118. The van der Waals surface area contributed by atoms with Gasteiger partial charge >= 0.3 is 0 Å². The van der Waals surface area contributed by atoms with Gasteiger partial charge in [0.1, 0.15) is 0 Å². The van der Waals surface area contributed by atoms with E-state index in [0.29, 0.717) is 0 Å². The summed E-state index contributed by atoms with van der Waals surface area (Å²) in [7, 11) is 1.85. The van der Waals surface area contributed by atoms with Crippen molar-refractivity contribution in [1.29, 1.82) is 0 Å². The van der Waals surface area contributed by atoms with Crippen molar-refractivity contribution in [3.05, 3.63) is 25.4 Å². The summed E-state index contributed by atoms with van der Waals surface area (Å²) in [5.74, 6) is 0. The number of hydrogen-bond acceptors (Lipinski definition) is 2. The van der Waals surface area contributed by atoms with Gasteiger partial charge in [-0.2, -0.15) is 5.10 Å². The van der Waals surface area contributed by atoms with Gasteiger partial charge in [-0.1, -0.05) is 19.2 Å². The summed E-state index contributed by atoms with van der Waals surface area (Å²) in [6, 6.07) is 0. The van der Waals surface area contributed by atoms with Crippen LogP contribution in [0.4, 0.5) is 0 Å². The average molecular weight is 108 g/mol. The van der Waals surface area contributed by atoms with Crippen LogP contribution in [0.2, 0.25) is 0 Å². The average Bonchev–Trinajstić information content (AvgIpc) is 1.83. The molecule has 0 radical (unpaired) electrons. The minimum Gasteiger partial charge on any atom is -0.287 e. The number of hydrazone groups is 1. The van der Waals surface area contributed by atoms with Crippen LogP contribution in [0.3, 0.4) is 0 Å². The summed E-state index contributed by atoms with van der Waals surface area (Å²) in [6.45, 7) is 6.92. The van der Waals surface area contributed by atoms with E-state index in [2.05, 4.69) is 23.7 Å². The van der Waals surface area contributed by atoms with Gasteiger partial charge in [-0.25, -0.2) is 0 Å². The highest BCUT2D eigenvalue weighted by atomic mass is 15.3. The lowest BCUT2D eigenvalue weighted by Gasteiger charge is -1.88. The van der Waals surface area contributed by atoms with E-state index < -0.39 is 0 Å². The molecular weight excluding hydrogens is 98.9 g/mol. The van der Waals surface area contributed by atoms with Crippen molar-refractivity contribution in [2.24, 2.45) is 5.10 Å². The molecule has 2 nitrogen and oxygen atoms in total. The Hall–Kier alpha value is -0.985. The van der Waals surface area contributed by atoms with Crippen molar-refractivity contribution in [3.63, 3.8) is 0 Å². The van der Waals surface area contributed by atoms with Crippen LogP contribution < -0.4 is 5.43 Å². The zero-order chi connectivity index (χ0) is 6.41.